The summed E-state index contributed by atoms with van der Waals surface area (Å²) in [6.07, 6.45) is 1.30. The second-order valence-electron chi connectivity index (χ2n) is 5.64. The van der Waals surface area contributed by atoms with E-state index in [1.165, 1.54) is 6.20 Å². The lowest BCUT2D eigenvalue weighted by molar-refractivity contribution is 0.102. The maximum Gasteiger partial charge on any atom is 0.260 e. The Hall–Kier alpha value is -2.63. The number of rotatable bonds is 4. The molecule has 0 bridgehead atoms. The molecule has 0 unspecified atom stereocenters. The molecule has 0 saturated heterocycles. The number of carbonyl (C=O) groups is 1. The van der Waals surface area contributed by atoms with Crippen LogP contribution in [-0.4, -0.2) is 15.9 Å². The van der Waals surface area contributed by atoms with Gasteiger partial charge in [-0.2, -0.15) is 0 Å². The zero-order valence-electron chi connectivity index (χ0n) is 14.1. The molecule has 3 aromatic rings. The van der Waals surface area contributed by atoms with Gasteiger partial charge in [0, 0.05) is 11.9 Å². The summed E-state index contributed by atoms with van der Waals surface area (Å²) in [5, 5.41) is 2.83. The smallest absolute Gasteiger partial charge is 0.260 e. The highest BCUT2D eigenvalue weighted by Crippen LogP contribution is 2.30. The lowest BCUT2D eigenvalue weighted by Crippen LogP contribution is -2.15. The molecular weight excluding hydrogens is 373 g/mol. The Labute approximate surface area is 161 Å². The maximum atomic E-state index is 12.5. The number of anilines is 1. The molecule has 0 aliphatic rings. The lowest BCUT2D eigenvalue weighted by atomic mass is 10.1. The molecule has 26 heavy (non-hydrogen) atoms. The van der Waals surface area contributed by atoms with Gasteiger partial charge in [0.1, 0.15) is 16.7 Å². The van der Waals surface area contributed by atoms with E-state index in [4.69, 9.17) is 27.9 Å². The highest BCUT2D eigenvalue weighted by Gasteiger charge is 2.16. The average molecular weight is 388 g/mol. The number of amides is 1. The van der Waals surface area contributed by atoms with Gasteiger partial charge in [0.05, 0.1) is 5.56 Å². The molecule has 1 N–H and O–H groups in total. The molecule has 1 amide bonds. The number of para-hydroxylation sites is 1. The Morgan fingerprint density at radius 3 is 2.31 bits per heavy atom. The molecule has 0 radical (unpaired) electrons. The van der Waals surface area contributed by atoms with E-state index in [-0.39, 0.29) is 16.0 Å². The second kappa shape index (κ2) is 7.72. The van der Waals surface area contributed by atoms with Crippen molar-refractivity contribution in [1.29, 1.82) is 0 Å². The summed E-state index contributed by atoms with van der Waals surface area (Å²) in [4.78, 5) is 20.1. The van der Waals surface area contributed by atoms with Crippen molar-refractivity contribution in [3.63, 3.8) is 0 Å². The highest BCUT2D eigenvalue weighted by molar-refractivity contribution is 6.34. The van der Waals surface area contributed by atoms with Crippen LogP contribution in [0.4, 0.5) is 5.69 Å². The van der Waals surface area contributed by atoms with Gasteiger partial charge in [0.2, 0.25) is 5.28 Å². The summed E-state index contributed by atoms with van der Waals surface area (Å²) in [6.45, 7) is 3.78. The Bertz CT molecular complexity index is 939. The third-order valence-corrected chi connectivity index (χ3v) is 4.15. The van der Waals surface area contributed by atoms with Gasteiger partial charge in [0.25, 0.3) is 5.91 Å². The number of carbonyl (C=O) groups excluding carboxylic acids is 1. The topological polar surface area (TPSA) is 64.1 Å². The van der Waals surface area contributed by atoms with Gasteiger partial charge >= 0.3 is 0 Å². The van der Waals surface area contributed by atoms with Crippen molar-refractivity contribution in [1.82, 2.24) is 9.97 Å². The van der Waals surface area contributed by atoms with Gasteiger partial charge in [-0.1, -0.05) is 29.8 Å². The Balaban J connectivity index is 1.83. The molecule has 0 aliphatic carbocycles. The minimum absolute atomic E-state index is 0.00170. The predicted octanol–water partition coefficient (Wildman–Crippen LogP) is 5.44. The molecule has 0 aliphatic heterocycles. The number of ether oxygens (including phenoxy) is 1. The van der Waals surface area contributed by atoms with Crippen molar-refractivity contribution in [3.8, 4) is 11.5 Å². The summed E-state index contributed by atoms with van der Waals surface area (Å²) in [6, 6.07) is 13.2. The number of nitrogens with one attached hydrogen (secondary N) is 1. The van der Waals surface area contributed by atoms with Gasteiger partial charge < -0.3 is 10.1 Å². The minimum atomic E-state index is -0.408. The fraction of sp³-hybridized carbons (Fsp3) is 0.105. The zero-order chi connectivity index (χ0) is 18.7. The molecule has 0 atom stereocenters. The van der Waals surface area contributed by atoms with Crippen LogP contribution in [0.2, 0.25) is 10.4 Å². The average Bonchev–Trinajstić information content (AvgIpc) is 2.59. The van der Waals surface area contributed by atoms with E-state index in [9.17, 15) is 4.79 Å². The van der Waals surface area contributed by atoms with Crippen LogP contribution in [0.25, 0.3) is 0 Å². The van der Waals surface area contributed by atoms with Crippen LogP contribution in [0.1, 0.15) is 21.5 Å². The van der Waals surface area contributed by atoms with Crippen molar-refractivity contribution in [2.45, 2.75) is 13.8 Å². The first-order valence-electron chi connectivity index (χ1n) is 7.77. The lowest BCUT2D eigenvalue weighted by Gasteiger charge is -2.14. The van der Waals surface area contributed by atoms with Crippen LogP contribution >= 0.6 is 23.2 Å². The molecule has 0 saturated carbocycles. The molecule has 1 heterocycles. The van der Waals surface area contributed by atoms with Crippen molar-refractivity contribution < 1.29 is 9.53 Å². The molecule has 0 fully saturated rings. The number of aromatic nitrogens is 2. The number of nitrogens with zero attached hydrogens (tertiary/aromatic N) is 2. The number of halogens is 2. The van der Waals surface area contributed by atoms with Gasteiger partial charge in [-0.25, -0.2) is 9.97 Å². The van der Waals surface area contributed by atoms with Gasteiger partial charge in [-0.05, 0) is 60.8 Å². The van der Waals surface area contributed by atoms with Gasteiger partial charge in [-0.3, -0.25) is 4.79 Å². The Kier molecular flexibility index (Phi) is 5.40. The van der Waals surface area contributed by atoms with E-state index in [0.717, 1.165) is 16.9 Å². The highest BCUT2D eigenvalue weighted by atomic mass is 35.5. The molecule has 7 heteroatoms. The normalized spacial score (nSPS) is 10.5. The number of benzene rings is 2. The quantitative estimate of drug-likeness (QED) is 0.477. The van der Waals surface area contributed by atoms with Crippen molar-refractivity contribution >= 4 is 34.8 Å². The van der Waals surface area contributed by atoms with Crippen molar-refractivity contribution in [2.24, 2.45) is 0 Å². The molecular formula is C19H15Cl2N3O2. The SMILES string of the molecule is Cc1cc(Oc2ccccc2)cc(C)c1NC(=O)c1cnc(Cl)nc1Cl. The van der Waals surface area contributed by atoms with Crippen LogP contribution in [0.3, 0.4) is 0 Å². The molecule has 1 aromatic heterocycles. The van der Waals surface area contributed by atoms with Crippen LogP contribution in [0.5, 0.6) is 11.5 Å². The summed E-state index contributed by atoms with van der Waals surface area (Å²) in [5.74, 6) is 1.03. The number of aryl methyl sites for hydroxylation is 2. The largest absolute Gasteiger partial charge is 0.457 e. The van der Waals surface area contributed by atoms with Crippen LogP contribution in [-0.2, 0) is 0 Å². The molecule has 3 rings (SSSR count). The summed E-state index contributed by atoms with van der Waals surface area (Å²) < 4.78 is 5.85. The van der Waals surface area contributed by atoms with Gasteiger partial charge in [0.15, 0.2) is 0 Å². The minimum Gasteiger partial charge on any atom is -0.457 e. The molecule has 0 spiro atoms. The van der Waals surface area contributed by atoms with Crippen LogP contribution in [0, 0.1) is 13.8 Å². The van der Waals surface area contributed by atoms with E-state index < -0.39 is 5.91 Å². The van der Waals surface area contributed by atoms with Crippen LogP contribution < -0.4 is 10.1 Å². The summed E-state index contributed by atoms with van der Waals surface area (Å²) in [7, 11) is 0. The van der Waals surface area contributed by atoms with Crippen molar-refractivity contribution in [3.05, 3.63) is 75.8 Å². The van der Waals surface area contributed by atoms with E-state index in [2.05, 4.69) is 15.3 Å². The first kappa shape index (κ1) is 18.2. The second-order valence-corrected chi connectivity index (χ2v) is 6.34. The Morgan fingerprint density at radius 1 is 1.04 bits per heavy atom. The van der Waals surface area contributed by atoms with E-state index >= 15 is 0 Å². The molecule has 132 valence electrons. The number of hydrogen-bond acceptors (Lipinski definition) is 4. The predicted molar refractivity (Wildman–Crippen MR) is 102 cm³/mol. The zero-order valence-corrected chi connectivity index (χ0v) is 15.6. The maximum absolute atomic E-state index is 12.5. The summed E-state index contributed by atoms with van der Waals surface area (Å²) in [5.41, 5.74) is 2.55. The van der Waals surface area contributed by atoms with Crippen molar-refractivity contribution in [2.75, 3.05) is 5.32 Å². The fourth-order valence-corrected chi connectivity index (χ4v) is 2.87. The van der Waals surface area contributed by atoms with E-state index in [1.807, 2.05) is 56.3 Å². The van der Waals surface area contributed by atoms with E-state index in [1.54, 1.807) is 0 Å². The Morgan fingerprint density at radius 2 is 1.69 bits per heavy atom. The standard InChI is InChI=1S/C19H15Cl2N3O2/c1-11-8-14(26-13-6-4-3-5-7-13)9-12(2)16(11)23-18(25)15-10-22-19(21)24-17(15)20/h3-10H,1-2H3,(H,23,25). The third kappa shape index (κ3) is 4.12. The molecule has 2 aromatic carbocycles. The van der Waals surface area contributed by atoms with Crippen LogP contribution in [0.15, 0.2) is 48.7 Å². The van der Waals surface area contributed by atoms with Gasteiger partial charge in [-0.15, -0.1) is 0 Å². The third-order valence-electron chi connectivity index (χ3n) is 3.68. The fourth-order valence-electron chi connectivity index (χ4n) is 2.48. The first-order valence-corrected chi connectivity index (χ1v) is 8.53. The number of hydrogen-bond donors (Lipinski definition) is 1. The summed E-state index contributed by atoms with van der Waals surface area (Å²) >= 11 is 11.6. The monoisotopic (exact) mass is 387 g/mol. The first-order chi connectivity index (χ1) is 12.4. The molecule has 5 nitrogen and oxygen atoms in total. The van der Waals surface area contributed by atoms with E-state index in [0.29, 0.717) is 11.4 Å².